The van der Waals surface area contributed by atoms with E-state index in [1.165, 1.54) is 6.07 Å². The van der Waals surface area contributed by atoms with E-state index in [4.69, 9.17) is 0 Å². The molecule has 1 saturated carbocycles. The zero-order chi connectivity index (χ0) is 19.9. The van der Waals surface area contributed by atoms with Gasteiger partial charge in [0, 0.05) is 17.1 Å². The Morgan fingerprint density at radius 1 is 1.00 bits per heavy atom. The van der Waals surface area contributed by atoms with Crippen LogP contribution < -0.4 is 0 Å². The van der Waals surface area contributed by atoms with Gasteiger partial charge in [-0.25, -0.2) is 21.2 Å². The molecule has 0 aliphatic heterocycles. The summed E-state index contributed by atoms with van der Waals surface area (Å²) in [5.74, 6) is 0.201. The molecular weight excluding hydrogens is 380 g/mol. The largest absolute Gasteiger partial charge is 0.268 e. The van der Waals surface area contributed by atoms with E-state index in [2.05, 4.69) is 0 Å². The molecule has 4 rings (SSSR count). The van der Waals surface area contributed by atoms with Crippen LogP contribution in [0.1, 0.15) is 61.1 Å². The Hall–Kier alpha value is -2.21. The van der Waals surface area contributed by atoms with Crippen LogP contribution in [0.15, 0.2) is 53.6 Å². The summed E-state index contributed by atoms with van der Waals surface area (Å²) in [7, 11) is -3.97. The van der Waals surface area contributed by atoms with Crippen LogP contribution in [0.4, 0.5) is 8.78 Å². The Balaban J connectivity index is 1.97. The van der Waals surface area contributed by atoms with Crippen molar-refractivity contribution >= 4 is 20.9 Å². The van der Waals surface area contributed by atoms with Crippen molar-refractivity contribution in [1.82, 2.24) is 3.97 Å². The first-order valence-electron chi connectivity index (χ1n) is 9.64. The standard InChI is InChI=1S/C22H23F2NO2S/c1-15-8-5-6-13-20(15)28(26,27)25-14-18(22(23)24)21-17(11-7-12-19(21)25)16-9-3-2-4-10-16/h5-8,11-14,16,22H,2-4,9-10H2,1H3. The maximum absolute atomic E-state index is 13.9. The summed E-state index contributed by atoms with van der Waals surface area (Å²) in [6, 6.07) is 11.9. The molecule has 0 radical (unpaired) electrons. The Labute approximate surface area is 164 Å². The van der Waals surface area contributed by atoms with Crippen molar-refractivity contribution in [2.45, 2.75) is 56.3 Å². The number of halogens is 2. The van der Waals surface area contributed by atoms with E-state index in [-0.39, 0.29) is 16.4 Å². The van der Waals surface area contributed by atoms with Gasteiger partial charge in [0.1, 0.15) is 0 Å². The van der Waals surface area contributed by atoms with E-state index in [1.54, 1.807) is 37.3 Å². The normalized spacial score (nSPS) is 16.1. The third-order valence-electron chi connectivity index (χ3n) is 5.77. The molecule has 0 N–H and O–H groups in total. The van der Waals surface area contributed by atoms with E-state index in [0.29, 0.717) is 16.5 Å². The highest BCUT2D eigenvalue weighted by atomic mass is 32.2. The second kappa shape index (κ2) is 7.32. The smallest absolute Gasteiger partial charge is 0.241 e. The first-order valence-corrected chi connectivity index (χ1v) is 11.1. The predicted molar refractivity (Wildman–Crippen MR) is 106 cm³/mol. The van der Waals surface area contributed by atoms with Gasteiger partial charge in [-0.1, -0.05) is 49.6 Å². The lowest BCUT2D eigenvalue weighted by Gasteiger charge is -2.23. The van der Waals surface area contributed by atoms with Gasteiger partial charge >= 0.3 is 0 Å². The van der Waals surface area contributed by atoms with E-state index < -0.39 is 16.4 Å². The minimum Gasteiger partial charge on any atom is -0.241 e. The summed E-state index contributed by atoms with van der Waals surface area (Å²) < 4.78 is 55.5. The zero-order valence-corrected chi connectivity index (χ0v) is 16.6. The van der Waals surface area contributed by atoms with Gasteiger partial charge in [0.05, 0.1) is 10.4 Å². The molecule has 2 aromatic carbocycles. The van der Waals surface area contributed by atoms with Gasteiger partial charge in [-0.3, -0.25) is 0 Å². The first-order chi connectivity index (χ1) is 13.4. The Morgan fingerprint density at radius 3 is 2.39 bits per heavy atom. The molecule has 0 bridgehead atoms. The van der Waals surface area contributed by atoms with Crippen molar-refractivity contribution in [2.75, 3.05) is 0 Å². The van der Waals surface area contributed by atoms with Crippen LogP contribution in [0.5, 0.6) is 0 Å². The van der Waals surface area contributed by atoms with Gasteiger partial charge < -0.3 is 0 Å². The van der Waals surface area contributed by atoms with Crippen molar-refractivity contribution in [3.63, 3.8) is 0 Å². The van der Waals surface area contributed by atoms with Crippen molar-refractivity contribution in [3.05, 3.63) is 65.4 Å². The van der Waals surface area contributed by atoms with Crippen molar-refractivity contribution in [3.8, 4) is 0 Å². The second-order valence-corrected chi connectivity index (χ2v) is 9.31. The van der Waals surface area contributed by atoms with Crippen molar-refractivity contribution in [1.29, 1.82) is 0 Å². The van der Waals surface area contributed by atoms with E-state index in [1.807, 2.05) is 6.07 Å². The van der Waals surface area contributed by atoms with Gasteiger partial charge in [-0.2, -0.15) is 0 Å². The number of hydrogen-bond donors (Lipinski definition) is 0. The maximum Gasteiger partial charge on any atom is 0.268 e. The molecule has 1 aliphatic carbocycles. The Morgan fingerprint density at radius 2 is 1.71 bits per heavy atom. The third kappa shape index (κ3) is 3.13. The van der Waals surface area contributed by atoms with Crippen LogP contribution in [0.25, 0.3) is 10.9 Å². The summed E-state index contributed by atoms with van der Waals surface area (Å²) in [6.45, 7) is 1.71. The lowest BCUT2D eigenvalue weighted by molar-refractivity contribution is 0.153. The van der Waals surface area contributed by atoms with Crippen LogP contribution >= 0.6 is 0 Å². The molecule has 0 atom stereocenters. The first kappa shape index (κ1) is 19.1. The lowest BCUT2D eigenvalue weighted by atomic mass is 9.82. The topological polar surface area (TPSA) is 39.1 Å². The molecule has 3 nitrogen and oxygen atoms in total. The van der Waals surface area contributed by atoms with E-state index in [9.17, 15) is 17.2 Å². The number of fused-ring (bicyclic) bond motifs is 1. The van der Waals surface area contributed by atoms with Gasteiger partial charge in [0.25, 0.3) is 16.4 Å². The second-order valence-electron chi connectivity index (χ2n) is 7.53. The fraction of sp³-hybridized carbons (Fsp3) is 0.364. The highest BCUT2D eigenvalue weighted by Gasteiger charge is 2.28. The van der Waals surface area contributed by atoms with Gasteiger partial charge in [0.2, 0.25) is 0 Å². The zero-order valence-electron chi connectivity index (χ0n) is 15.7. The number of benzene rings is 2. The highest BCUT2D eigenvalue weighted by molar-refractivity contribution is 7.90. The predicted octanol–water partition coefficient (Wildman–Crippen LogP) is 6.17. The molecule has 1 fully saturated rings. The van der Waals surface area contributed by atoms with E-state index in [0.717, 1.165) is 47.8 Å². The molecule has 3 aromatic rings. The minimum atomic E-state index is -3.97. The summed E-state index contributed by atoms with van der Waals surface area (Å²) in [4.78, 5) is 0.135. The van der Waals surface area contributed by atoms with Gasteiger partial charge in [-0.15, -0.1) is 0 Å². The Bertz CT molecular complexity index is 1110. The number of hydrogen-bond acceptors (Lipinski definition) is 2. The third-order valence-corrected chi connectivity index (χ3v) is 7.60. The van der Waals surface area contributed by atoms with Gasteiger partial charge in [-0.05, 0) is 48.9 Å². The summed E-state index contributed by atoms with van der Waals surface area (Å²) in [5.41, 5.74) is 1.58. The number of rotatable bonds is 4. The average Bonchev–Trinajstić information content (AvgIpc) is 3.10. The maximum atomic E-state index is 13.9. The molecule has 28 heavy (non-hydrogen) atoms. The summed E-state index contributed by atoms with van der Waals surface area (Å²) >= 11 is 0. The molecule has 0 unspecified atom stereocenters. The lowest BCUT2D eigenvalue weighted by Crippen LogP contribution is -2.13. The van der Waals surface area contributed by atoms with Crippen LogP contribution in [0.3, 0.4) is 0 Å². The number of aromatic nitrogens is 1. The van der Waals surface area contributed by atoms with E-state index >= 15 is 0 Å². The average molecular weight is 403 g/mol. The fourth-order valence-electron chi connectivity index (χ4n) is 4.39. The fourth-order valence-corrected chi connectivity index (χ4v) is 5.99. The van der Waals surface area contributed by atoms with Gasteiger partial charge in [0.15, 0.2) is 0 Å². The molecule has 148 valence electrons. The molecule has 0 spiro atoms. The molecule has 6 heteroatoms. The minimum absolute atomic E-state index is 0.135. The van der Waals surface area contributed by atoms with Crippen LogP contribution in [0.2, 0.25) is 0 Å². The molecule has 1 aliphatic rings. The highest BCUT2D eigenvalue weighted by Crippen LogP contribution is 2.41. The number of nitrogens with zero attached hydrogens (tertiary/aromatic N) is 1. The monoisotopic (exact) mass is 403 g/mol. The van der Waals surface area contributed by atoms with Crippen LogP contribution in [-0.4, -0.2) is 12.4 Å². The summed E-state index contributed by atoms with van der Waals surface area (Å²) in [6.07, 6.45) is 3.61. The van der Waals surface area contributed by atoms with Crippen molar-refractivity contribution in [2.24, 2.45) is 0 Å². The van der Waals surface area contributed by atoms with Crippen LogP contribution in [0, 0.1) is 6.92 Å². The molecule has 0 amide bonds. The molecule has 1 heterocycles. The quantitative estimate of drug-likeness (QED) is 0.522. The number of aryl methyl sites for hydroxylation is 1. The van der Waals surface area contributed by atoms with Crippen LogP contribution in [-0.2, 0) is 10.0 Å². The molecule has 0 saturated heterocycles. The SMILES string of the molecule is Cc1ccccc1S(=O)(=O)n1cc(C(F)F)c2c(C3CCCCC3)cccc21. The molecule has 1 aromatic heterocycles. The molecular formula is C22H23F2NO2S. The van der Waals surface area contributed by atoms with Crippen molar-refractivity contribution < 1.29 is 17.2 Å². The Kier molecular flexibility index (Phi) is 5.00. The summed E-state index contributed by atoms with van der Waals surface area (Å²) in [5, 5.41) is 0.404. The number of alkyl halides is 2.